The van der Waals surface area contributed by atoms with Gasteiger partial charge >= 0.3 is 0 Å². The second-order valence-electron chi connectivity index (χ2n) is 38.6. The summed E-state index contributed by atoms with van der Waals surface area (Å²) in [5, 5.41) is 18.3. The zero-order valence-corrected chi connectivity index (χ0v) is 82.4. The summed E-state index contributed by atoms with van der Waals surface area (Å²) in [6, 6.07) is 175. The predicted molar refractivity (Wildman–Crippen MR) is 608 cm³/mol. The maximum absolute atomic E-state index is 2.41. The van der Waals surface area contributed by atoms with E-state index in [1.807, 2.05) is 0 Å². The molecule has 0 saturated heterocycles. The summed E-state index contributed by atoms with van der Waals surface area (Å²) in [6.45, 7) is 27.0. The molecule has 0 N–H and O–H groups in total. The largest absolute Gasteiger partial charge is 0.339 e. The first-order valence-corrected chi connectivity index (χ1v) is 49.8. The Balaban J connectivity index is 0.000000108. The predicted octanol–water partition coefficient (Wildman–Crippen LogP) is 38.9. The number of nitrogens with zero attached hydrogens (tertiary/aromatic N) is 4. The Morgan fingerprint density at radius 1 is 0.164 bits per heavy atom. The molecule has 0 amide bonds. The van der Waals surface area contributed by atoms with Crippen LogP contribution >= 0.6 is 0 Å². The van der Waals surface area contributed by atoms with Gasteiger partial charge in [-0.25, -0.2) is 0 Å². The van der Waals surface area contributed by atoms with Crippen LogP contribution < -0.4 is 4.90 Å². The highest BCUT2D eigenvalue weighted by atomic mass is 15.2. The fraction of sp³-hybridized carbons (Fsp3) is 0.132. The number of rotatable bonds is 15. The highest BCUT2D eigenvalue weighted by molar-refractivity contribution is 6.12. The summed E-state index contributed by atoms with van der Waals surface area (Å²) in [5.74, 6) is 2.65. The van der Waals surface area contributed by atoms with Crippen molar-refractivity contribution in [1.82, 2.24) is 13.7 Å². The number of para-hydroxylation sites is 4. The van der Waals surface area contributed by atoms with E-state index in [4.69, 9.17) is 0 Å². The van der Waals surface area contributed by atoms with E-state index < -0.39 is 0 Å². The molecule has 0 bridgehead atoms. The number of fused-ring (bicyclic) bond motifs is 13. The topological polar surface area (TPSA) is 18.0 Å². The van der Waals surface area contributed by atoms with Gasteiger partial charge in [0.2, 0.25) is 0 Å². The van der Waals surface area contributed by atoms with E-state index in [1.165, 1.54) is 209 Å². The Labute approximate surface area is 826 Å². The van der Waals surface area contributed by atoms with Crippen molar-refractivity contribution < 1.29 is 0 Å². The molecule has 21 aromatic carbocycles. The first-order valence-electron chi connectivity index (χ1n) is 49.8. The quantitative estimate of drug-likeness (QED) is 0.100. The summed E-state index contributed by atoms with van der Waals surface area (Å²) < 4.78 is 7.19. The van der Waals surface area contributed by atoms with E-state index in [1.54, 1.807) is 0 Å². The van der Waals surface area contributed by atoms with Crippen molar-refractivity contribution in [2.24, 2.45) is 0 Å². The standard InChI is InChI=1S/2C27H23N.C25H21N.C19H19N.2C19H18/c1-19(2)21-15-16-27-25(18-21)24-13-6-7-14-26(24)28(27)23-12-8-11-22(17-23)20-9-4-3-5-10-20;1-19(2)21-15-16-25-24-13-6-7-14-26(24)28(27(25)18-21)23-12-8-11-22(17-23)20-9-4-3-5-10-20;1-17(2)19-12-14-25-23(16-19)22-9-5-6-10-24(22)26(25)21-13-11-18-7-3-4-8-20(18)15-21;1-15(2)20(18-10-4-3-5-11-18)19-13-12-16-8-6-7-9-17(16)14-19;1-14(2)18-9-5-6-10-19(18)17-12-11-15-7-3-4-8-16(15)13-17;1-14(2)16-12-13-17(15-8-4-3-5-9-15)19-11-7-6-10-18(16)19/h2*3-19H,1-2H3;3-17H,1-2H3;3-15H,1-2H3;2*3-14H,1-2H3. The zero-order valence-electron chi connectivity index (χ0n) is 82.4. The van der Waals surface area contributed by atoms with Crippen LogP contribution in [0.25, 0.3) is 170 Å². The Kier molecular flexibility index (Phi) is 28.0. The third kappa shape index (κ3) is 19.9. The van der Waals surface area contributed by atoms with Crippen LogP contribution in [0.5, 0.6) is 0 Å². The molecule has 3 aromatic heterocycles. The molecule has 0 unspecified atom stereocenters. The zero-order chi connectivity index (χ0) is 96.3. The summed E-state index contributed by atoms with van der Waals surface area (Å²) in [7, 11) is 0. The van der Waals surface area contributed by atoms with Gasteiger partial charge in [0.05, 0.1) is 33.1 Å². The van der Waals surface area contributed by atoms with E-state index >= 15 is 0 Å². The summed E-state index contributed by atoms with van der Waals surface area (Å²) >= 11 is 0. The Morgan fingerprint density at radius 3 is 1.03 bits per heavy atom. The number of benzene rings is 21. The Hall–Kier alpha value is -16.1. The van der Waals surface area contributed by atoms with Gasteiger partial charge in [0.1, 0.15) is 0 Å². The second-order valence-corrected chi connectivity index (χ2v) is 38.6. The van der Waals surface area contributed by atoms with Crippen LogP contribution in [0.4, 0.5) is 11.4 Å². The minimum atomic E-state index is 0.415. The van der Waals surface area contributed by atoms with E-state index in [2.05, 4.69) is 587 Å². The number of anilines is 2. The van der Waals surface area contributed by atoms with Crippen molar-refractivity contribution in [3.8, 4) is 61.6 Å². The minimum Gasteiger partial charge on any atom is -0.339 e. The lowest BCUT2D eigenvalue weighted by atomic mass is 9.91. The number of hydrogen-bond donors (Lipinski definition) is 0. The van der Waals surface area contributed by atoms with E-state index in [-0.39, 0.29) is 0 Å². The maximum Gasteiger partial charge on any atom is 0.0543 e. The number of hydrogen-bond acceptors (Lipinski definition) is 1. The van der Waals surface area contributed by atoms with Crippen LogP contribution in [0.1, 0.15) is 140 Å². The molecule has 0 atom stereocenters. The first kappa shape index (κ1) is 92.9. The van der Waals surface area contributed by atoms with Crippen molar-refractivity contribution in [2.75, 3.05) is 4.90 Å². The van der Waals surface area contributed by atoms with Gasteiger partial charge in [-0.1, -0.05) is 439 Å². The van der Waals surface area contributed by atoms with Crippen LogP contribution in [-0.4, -0.2) is 19.7 Å². The maximum atomic E-state index is 2.41. The highest BCUT2D eigenvalue weighted by Crippen LogP contribution is 2.42. The molecule has 0 spiro atoms. The van der Waals surface area contributed by atoms with Gasteiger partial charge in [0.25, 0.3) is 0 Å². The molecule has 0 radical (unpaired) electrons. The molecule has 140 heavy (non-hydrogen) atoms. The Bertz CT molecular complexity index is 8430. The molecule has 3 heterocycles. The van der Waals surface area contributed by atoms with Gasteiger partial charge in [0.15, 0.2) is 0 Å². The monoisotopic (exact) mass is 1810 g/mol. The van der Waals surface area contributed by atoms with Crippen molar-refractivity contribution in [3.05, 3.63) is 513 Å². The van der Waals surface area contributed by atoms with Gasteiger partial charge < -0.3 is 18.6 Å². The third-order valence-corrected chi connectivity index (χ3v) is 27.4. The van der Waals surface area contributed by atoms with Gasteiger partial charge in [-0.2, -0.15) is 0 Å². The van der Waals surface area contributed by atoms with Gasteiger partial charge in [0, 0.05) is 66.8 Å². The minimum absolute atomic E-state index is 0.415. The Morgan fingerprint density at radius 2 is 0.529 bits per heavy atom. The molecule has 0 saturated carbocycles. The fourth-order valence-electron chi connectivity index (χ4n) is 20.1. The molecule has 0 aliphatic heterocycles. The molecule has 686 valence electrons. The lowest BCUT2D eigenvalue weighted by Crippen LogP contribution is -2.25. The third-order valence-electron chi connectivity index (χ3n) is 27.4. The molecule has 0 fully saturated rings. The summed E-state index contributed by atoms with van der Waals surface area (Å²) in [5.41, 5.74) is 30.9. The van der Waals surface area contributed by atoms with Crippen molar-refractivity contribution in [3.63, 3.8) is 0 Å². The van der Waals surface area contributed by atoms with Crippen LogP contribution in [-0.2, 0) is 0 Å². The van der Waals surface area contributed by atoms with Crippen molar-refractivity contribution >= 4 is 120 Å². The molecular weight excluding hydrogens is 1690 g/mol. The summed E-state index contributed by atoms with van der Waals surface area (Å²) in [6.07, 6.45) is 0. The SMILES string of the molecule is CC(C)N(c1ccccc1)c1ccc2ccccc2c1.CC(C)c1ccc(-c2ccccc2)c2ccccc12.CC(C)c1ccc2c(c1)c1ccccc1n2-c1ccc2ccccc2c1.CC(C)c1ccc2c(c1)c1ccccc1n2-c1cccc(-c2ccccc2)c1.CC(C)c1ccc2c3ccccc3n(-c3cccc(-c4ccccc4)c3)c2c1.CC(C)c1ccccc1-c1ccc2ccccc2c1. The smallest absolute Gasteiger partial charge is 0.0543 e. The second kappa shape index (κ2) is 42.2. The van der Waals surface area contributed by atoms with E-state index in [0.717, 1.165) is 0 Å². The molecule has 0 aliphatic carbocycles. The number of aromatic nitrogens is 3. The van der Waals surface area contributed by atoms with Crippen LogP contribution in [0.15, 0.2) is 485 Å². The average molecular weight is 1810 g/mol. The average Bonchev–Trinajstić information content (AvgIpc) is 1.60. The van der Waals surface area contributed by atoms with Crippen LogP contribution in [0, 0.1) is 0 Å². The normalized spacial score (nSPS) is 11.4. The molecule has 24 aromatic rings. The molecular formula is C136H122N4. The van der Waals surface area contributed by atoms with Crippen molar-refractivity contribution in [2.45, 2.75) is 119 Å². The van der Waals surface area contributed by atoms with Crippen LogP contribution in [0.3, 0.4) is 0 Å². The lowest BCUT2D eigenvalue weighted by molar-refractivity contribution is 0.789. The molecule has 24 rings (SSSR count). The fourth-order valence-corrected chi connectivity index (χ4v) is 20.1. The van der Waals surface area contributed by atoms with Gasteiger partial charge in [-0.05, 0) is 274 Å². The lowest BCUT2D eigenvalue weighted by Gasteiger charge is -2.29. The molecule has 4 nitrogen and oxygen atoms in total. The first-order chi connectivity index (χ1) is 68.4. The van der Waals surface area contributed by atoms with Crippen molar-refractivity contribution in [1.29, 1.82) is 0 Å². The highest BCUT2D eigenvalue weighted by Gasteiger charge is 2.21. The van der Waals surface area contributed by atoms with E-state index in [9.17, 15) is 0 Å². The van der Waals surface area contributed by atoms with Crippen LogP contribution in [0.2, 0.25) is 0 Å². The molecule has 0 aliphatic rings. The van der Waals surface area contributed by atoms with E-state index in [0.29, 0.717) is 35.6 Å². The molecule has 4 heteroatoms. The van der Waals surface area contributed by atoms with Gasteiger partial charge in [-0.15, -0.1) is 0 Å². The van der Waals surface area contributed by atoms with Gasteiger partial charge in [-0.3, -0.25) is 0 Å². The summed E-state index contributed by atoms with van der Waals surface area (Å²) in [4.78, 5) is 2.37.